The molecule has 1 unspecified atom stereocenters. The second kappa shape index (κ2) is 6.52. The molecule has 0 aromatic carbocycles. The van der Waals surface area contributed by atoms with Gasteiger partial charge in [0, 0.05) is 0 Å². The summed E-state index contributed by atoms with van der Waals surface area (Å²) in [6.45, 7) is 7.17. The fourth-order valence-electron chi connectivity index (χ4n) is 0.596. The van der Waals surface area contributed by atoms with Crippen molar-refractivity contribution in [3.8, 4) is 0 Å². The van der Waals surface area contributed by atoms with Gasteiger partial charge in [-0.3, -0.25) is 0 Å². The van der Waals surface area contributed by atoms with Crippen LogP contribution in [0.15, 0.2) is 25.3 Å². The Hall–Kier alpha value is -0.600. The van der Waals surface area contributed by atoms with Crippen LogP contribution in [-0.4, -0.2) is 19.3 Å². The lowest BCUT2D eigenvalue weighted by molar-refractivity contribution is 0.0352. The summed E-state index contributed by atoms with van der Waals surface area (Å²) in [4.78, 5) is 0. The van der Waals surface area contributed by atoms with Gasteiger partial charge in [-0.2, -0.15) is 0 Å². The average molecular weight is 141 g/mol. The Kier molecular flexibility index (Phi) is 6.13. The van der Waals surface area contributed by atoms with E-state index in [9.17, 15) is 5.11 Å². The summed E-state index contributed by atoms with van der Waals surface area (Å²) in [5.74, 6) is 0. The molecule has 0 amide bonds. The lowest BCUT2D eigenvalue weighted by atomic mass is 10.2. The van der Waals surface area contributed by atoms with Crippen molar-refractivity contribution in [2.24, 2.45) is 0 Å². The van der Waals surface area contributed by atoms with E-state index < -0.39 is 0 Å². The van der Waals surface area contributed by atoms with Crippen LogP contribution in [-0.2, 0) is 9.84 Å². The fraction of sp³-hybridized carbons (Fsp3) is 0.500. The van der Waals surface area contributed by atoms with Gasteiger partial charge in [0.2, 0.25) is 0 Å². The molecule has 2 nitrogen and oxygen atoms in total. The van der Waals surface area contributed by atoms with Crippen LogP contribution in [0.5, 0.6) is 0 Å². The summed E-state index contributed by atoms with van der Waals surface area (Å²) in [6, 6.07) is 0. The molecular formula is C8H13O2. The molecule has 10 heavy (non-hydrogen) atoms. The van der Waals surface area contributed by atoms with Crippen molar-refractivity contribution in [2.75, 3.05) is 13.2 Å². The zero-order valence-electron chi connectivity index (χ0n) is 6.08. The standard InChI is InChI=1S/C8H13O2/c1-3-5-8(4-2)10-7-6-9/h3-4,8H,1-2,5-7H2. The number of hydrogen-bond acceptors (Lipinski definition) is 1. The molecule has 0 fully saturated rings. The summed E-state index contributed by atoms with van der Waals surface area (Å²) < 4.78 is 5.08. The zero-order chi connectivity index (χ0) is 7.82. The molecule has 2 heteroatoms. The highest BCUT2D eigenvalue weighted by Crippen LogP contribution is 1.99. The van der Waals surface area contributed by atoms with Gasteiger partial charge in [0.1, 0.15) is 6.61 Å². The molecule has 0 aromatic heterocycles. The van der Waals surface area contributed by atoms with Gasteiger partial charge in [0.05, 0.1) is 12.7 Å². The first-order chi connectivity index (χ1) is 4.85. The molecule has 0 saturated carbocycles. The minimum Gasteiger partial charge on any atom is -0.371 e. The van der Waals surface area contributed by atoms with Gasteiger partial charge < -0.3 is 4.74 Å². The van der Waals surface area contributed by atoms with E-state index >= 15 is 0 Å². The van der Waals surface area contributed by atoms with Gasteiger partial charge in [-0.25, -0.2) is 5.11 Å². The Balaban J connectivity index is 3.38. The Morgan fingerprint density at radius 2 is 2.20 bits per heavy atom. The zero-order valence-corrected chi connectivity index (χ0v) is 6.08. The van der Waals surface area contributed by atoms with E-state index in [4.69, 9.17) is 4.74 Å². The molecular weight excluding hydrogens is 128 g/mol. The maximum Gasteiger partial charge on any atom is 0.106 e. The van der Waals surface area contributed by atoms with E-state index in [1.165, 1.54) is 0 Å². The lowest BCUT2D eigenvalue weighted by Gasteiger charge is -2.08. The van der Waals surface area contributed by atoms with E-state index in [1.807, 2.05) is 0 Å². The third-order valence-electron chi connectivity index (χ3n) is 1.08. The van der Waals surface area contributed by atoms with E-state index in [0.717, 1.165) is 6.42 Å². The van der Waals surface area contributed by atoms with Crippen molar-refractivity contribution in [1.82, 2.24) is 0 Å². The fourth-order valence-corrected chi connectivity index (χ4v) is 0.596. The minimum atomic E-state index is -0.193. The first-order valence-corrected chi connectivity index (χ1v) is 3.28. The molecule has 0 aliphatic carbocycles. The first-order valence-electron chi connectivity index (χ1n) is 3.28. The van der Waals surface area contributed by atoms with E-state index in [2.05, 4.69) is 13.2 Å². The van der Waals surface area contributed by atoms with Gasteiger partial charge >= 0.3 is 0 Å². The molecule has 0 N–H and O–H groups in total. The predicted molar refractivity (Wildman–Crippen MR) is 40.3 cm³/mol. The summed E-state index contributed by atoms with van der Waals surface area (Å²) in [6.07, 6.45) is 4.12. The summed E-state index contributed by atoms with van der Waals surface area (Å²) >= 11 is 0. The topological polar surface area (TPSA) is 29.1 Å². The molecule has 0 spiro atoms. The lowest BCUT2D eigenvalue weighted by Crippen LogP contribution is -2.10. The molecule has 1 radical (unpaired) electrons. The second-order valence-corrected chi connectivity index (χ2v) is 1.87. The molecule has 0 saturated heterocycles. The SMILES string of the molecule is C=CCC(C=C)OCC[O]. The number of ether oxygens (including phenoxy) is 1. The molecule has 0 bridgehead atoms. The average Bonchev–Trinajstić information content (AvgIpc) is 1.98. The van der Waals surface area contributed by atoms with Gasteiger partial charge in [0.25, 0.3) is 0 Å². The van der Waals surface area contributed by atoms with Crippen molar-refractivity contribution in [3.63, 3.8) is 0 Å². The molecule has 0 rings (SSSR count). The van der Waals surface area contributed by atoms with Crippen molar-refractivity contribution >= 4 is 0 Å². The van der Waals surface area contributed by atoms with Gasteiger partial charge in [-0.1, -0.05) is 12.2 Å². The number of rotatable bonds is 6. The normalized spacial score (nSPS) is 12.5. The van der Waals surface area contributed by atoms with Gasteiger partial charge in [0.15, 0.2) is 0 Å². The summed E-state index contributed by atoms with van der Waals surface area (Å²) in [7, 11) is 0. The Bertz CT molecular complexity index is 99.4. The summed E-state index contributed by atoms with van der Waals surface area (Å²) in [5.41, 5.74) is 0. The van der Waals surface area contributed by atoms with Gasteiger partial charge in [-0.05, 0) is 6.42 Å². The van der Waals surface area contributed by atoms with E-state index in [0.29, 0.717) is 0 Å². The van der Waals surface area contributed by atoms with E-state index in [1.54, 1.807) is 12.2 Å². The van der Waals surface area contributed by atoms with Crippen LogP contribution in [0, 0.1) is 0 Å². The van der Waals surface area contributed by atoms with Crippen molar-refractivity contribution < 1.29 is 9.84 Å². The highest BCUT2D eigenvalue weighted by Gasteiger charge is 1.99. The van der Waals surface area contributed by atoms with Crippen LogP contribution in [0.2, 0.25) is 0 Å². The minimum absolute atomic E-state index is 0.0357. The van der Waals surface area contributed by atoms with Gasteiger partial charge in [-0.15, -0.1) is 13.2 Å². The smallest absolute Gasteiger partial charge is 0.106 e. The van der Waals surface area contributed by atoms with Crippen molar-refractivity contribution in [1.29, 1.82) is 0 Å². The quantitative estimate of drug-likeness (QED) is 0.516. The number of hydrogen-bond donors (Lipinski definition) is 0. The van der Waals surface area contributed by atoms with Crippen LogP contribution in [0.1, 0.15) is 6.42 Å². The molecule has 57 valence electrons. The van der Waals surface area contributed by atoms with Crippen LogP contribution in [0.4, 0.5) is 0 Å². The Morgan fingerprint density at radius 1 is 1.50 bits per heavy atom. The highest BCUT2D eigenvalue weighted by atomic mass is 16.5. The maximum atomic E-state index is 9.97. The highest BCUT2D eigenvalue weighted by molar-refractivity contribution is 4.86. The van der Waals surface area contributed by atoms with Crippen LogP contribution >= 0.6 is 0 Å². The van der Waals surface area contributed by atoms with Crippen LogP contribution in [0.25, 0.3) is 0 Å². The first kappa shape index (κ1) is 9.40. The molecule has 0 heterocycles. The molecule has 0 aromatic rings. The molecule has 1 atom stereocenters. The van der Waals surface area contributed by atoms with Crippen LogP contribution < -0.4 is 0 Å². The third-order valence-corrected chi connectivity index (χ3v) is 1.08. The monoisotopic (exact) mass is 141 g/mol. The van der Waals surface area contributed by atoms with E-state index in [-0.39, 0.29) is 19.3 Å². The maximum absolute atomic E-state index is 9.97. The van der Waals surface area contributed by atoms with Crippen molar-refractivity contribution in [2.45, 2.75) is 12.5 Å². The van der Waals surface area contributed by atoms with Crippen LogP contribution in [0.3, 0.4) is 0 Å². The summed E-state index contributed by atoms with van der Waals surface area (Å²) in [5, 5.41) is 9.97. The largest absolute Gasteiger partial charge is 0.371 e. The van der Waals surface area contributed by atoms with Crippen molar-refractivity contribution in [3.05, 3.63) is 25.3 Å². The Labute approximate surface area is 61.8 Å². The molecule has 0 aliphatic heterocycles. The Morgan fingerprint density at radius 3 is 2.60 bits per heavy atom. The predicted octanol–water partition coefficient (Wildman–Crippen LogP) is 1.56. The third kappa shape index (κ3) is 4.30. The second-order valence-electron chi connectivity index (χ2n) is 1.87. The molecule has 0 aliphatic rings.